The van der Waals surface area contributed by atoms with Crippen LogP contribution in [0.4, 0.5) is 0 Å². The molecular weight excluding hydrogens is 464 g/mol. The second-order valence-corrected chi connectivity index (χ2v) is 10.6. The highest BCUT2D eigenvalue weighted by Crippen LogP contribution is 2.33. The summed E-state index contributed by atoms with van der Waals surface area (Å²) in [6, 6.07) is 17.5. The van der Waals surface area contributed by atoms with Crippen LogP contribution in [0.3, 0.4) is 0 Å². The van der Waals surface area contributed by atoms with E-state index in [0.29, 0.717) is 27.2 Å². The summed E-state index contributed by atoms with van der Waals surface area (Å²) in [4.78, 5) is 33.0. The summed E-state index contributed by atoms with van der Waals surface area (Å²) in [7, 11) is 0. The minimum absolute atomic E-state index is 0.156. The third-order valence-corrected chi connectivity index (χ3v) is 7.62. The summed E-state index contributed by atoms with van der Waals surface area (Å²) < 4.78 is 7.81. The fourth-order valence-electron chi connectivity index (χ4n) is 4.14. The van der Waals surface area contributed by atoms with Gasteiger partial charge in [0.05, 0.1) is 22.4 Å². The largest absolute Gasteiger partial charge is 0.462 e. The molecule has 3 heterocycles. The second-order valence-electron chi connectivity index (χ2n) is 8.66. The van der Waals surface area contributed by atoms with Crippen LogP contribution < -0.4 is 14.9 Å². The van der Waals surface area contributed by atoms with Crippen molar-refractivity contribution in [2.24, 2.45) is 10.9 Å². The van der Waals surface area contributed by atoms with Crippen molar-refractivity contribution >= 4 is 45.5 Å². The molecule has 1 aliphatic rings. The first-order valence-corrected chi connectivity index (χ1v) is 12.8. The van der Waals surface area contributed by atoms with Gasteiger partial charge in [-0.15, -0.1) is 11.3 Å². The zero-order chi connectivity index (χ0) is 23.8. The van der Waals surface area contributed by atoms with Crippen molar-refractivity contribution in [3.8, 4) is 0 Å². The number of carbonyl (C=O) groups is 1. The number of esters is 1. The highest BCUT2D eigenvalue weighted by Gasteiger charge is 2.34. The third-order valence-electron chi connectivity index (χ3n) is 5.71. The van der Waals surface area contributed by atoms with Gasteiger partial charge in [0.2, 0.25) is 0 Å². The van der Waals surface area contributed by atoms with Crippen LogP contribution in [0, 0.1) is 5.92 Å². The van der Waals surface area contributed by atoms with Crippen LogP contribution in [0.5, 0.6) is 0 Å². The van der Waals surface area contributed by atoms with E-state index in [4.69, 9.17) is 4.74 Å². The number of ether oxygens (including phenoxy) is 1. The average molecular weight is 489 g/mol. The molecule has 1 atom stereocenters. The highest BCUT2D eigenvalue weighted by molar-refractivity contribution is 7.10. The second kappa shape index (κ2) is 9.16. The van der Waals surface area contributed by atoms with Gasteiger partial charge < -0.3 is 4.74 Å². The first kappa shape index (κ1) is 22.5. The number of benzene rings is 2. The predicted molar refractivity (Wildman–Crippen MR) is 138 cm³/mol. The summed E-state index contributed by atoms with van der Waals surface area (Å²) in [6.07, 6.45) is 1.92. The maximum Gasteiger partial charge on any atom is 0.338 e. The van der Waals surface area contributed by atoms with Gasteiger partial charge in [-0.05, 0) is 46.7 Å². The minimum atomic E-state index is -0.550. The van der Waals surface area contributed by atoms with Crippen LogP contribution in [0.2, 0.25) is 0 Å². The third kappa shape index (κ3) is 4.06. The Hall–Kier alpha value is -3.29. The molecular formula is C27H24N2O3S2. The predicted octanol–water partition coefficient (Wildman–Crippen LogP) is 4.65. The number of rotatable bonds is 5. The quantitative estimate of drug-likeness (QED) is 0.384. The van der Waals surface area contributed by atoms with Crippen molar-refractivity contribution in [2.45, 2.75) is 26.8 Å². The minimum Gasteiger partial charge on any atom is -0.462 e. The number of thiophene rings is 1. The molecule has 0 radical (unpaired) electrons. The van der Waals surface area contributed by atoms with Gasteiger partial charge in [-0.1, -0.05) is 73.7 Å². The number of aromatic nitrogens is 1. The van der Waals surface area contributed by atoms with Gasteiger partial charge >= 0.3 is 5.97 Å². The molecule has 1 unspecified atom stereocenters. The molecule has 0 amide bonds. The van der Waals surface area contributed by atoms with Crippen LogP contribution in [-0.2, 0) is 9.53 Å². The van der Waals surface area contributed by atoms with Crippen molar-refractivity contribution in [3.05, 3.63) is 101 Å². The van der Waals surface area contributed by atoms with Crippen LogP contribution in [-0.4, -0.2) is 17.1 Å². The zero-order valence-corrected chi connectivity index (χ0v) is 20.8. The molecule has 0 N–H and O–H groups in total. The average Bonchev–Trinajstić information content (AvgIpc) is 3.45. The van der Waals surface area contributed by atoms with Crippen LogP contribution in [0.25, 0.3) is 16.8 Å². The number of thiazole rings is 1. The van der Waals surface area contributed by atoms with Gasteiger partial charge in [-0.25, -0.2) is 9.79 Å². The first-order chi connectivity index (χ1) is 16.4. The molecule has 5 nitrogen and oxygen atoms in total. The van der Waals surface area contributed by atoms with Gasteiger partial charge in [-0.3, -0.25) is 9.36 Å². The van der Waals surface area contributed by atoms with E-state index in [1.807, 2.05) is 68.6 Å². The normalized spacial score (nSPS) is 16.1. The Balaban J connectivity index is 1.69. The van der Waals surface area contributed by atoms with Crippen molar-refractivity contribution in [1.82, 2.24) is 4.57 Å². The Bertz CT molecular complexity index is 1590. The Morgan fingerprint density at radius 2 is 1.94 bits per heavy atom. The van der Waals surface area contributed by atoms with E-state index in [-0.39, 0.29) is 11.5 Å². The summed E-state index contributed by atoms with van der Waals surface area (Å²) in [6.45, 7) is 6.12. The van der Waals surface area contributed by atoms with Gasteiger partial charge in [-0.2, -0.15) is 0 Å². The lowest BCUT2D eigenvalue weighted by Gasteiger charge is -2.23. The Kier molecular flexibility index (Phi) is 6.06. The summed E-state index contributed by atoms with van der Waals surface area (Å²) in [5, 5.41) is 4.15. The molecule has 1 aliphatic heterocycles. The number of allylic oxidation sites excluding steroid dienone is 1. The molecule has 0 aliphatic carbocycles. The van der Waals surface area contributed by atoms with Crippen molar-refractivity contribution in [2.75, 3.05) is 6.61 Å². The molecule has 0 saturated carbocycles. The number of hydrogen-bond donors (Lipinski definition) is 0. The number of carbonyl (C=O) groups excluding carboxylic acids is 1. The van der Waals surface area contributed by atoms with Crippen molar-refractivity contribution in [1.29, 1.82) is 0 Å². The van der Waals surface area contributed by atoms with E-state index in [9.17, 15) is 9.59 Å². The topological polar surface area (TPSA) is 60.7 Å². The van der Waals surface area contributed by atoms with E-state index in [1.165, 1.54) is 22.7 Å². The Morgan fingerprint density at radius 1 is 1.15 bits per heavy atom. The number of nitrogens with zero attached hydrogens (tertiary/aromatic N) is 2. The smallest absolute Gasteiger partial charge is 0.338 e. The highest BCUT2D eigenvalue weighted by atomic mass is 32.1. The lowest BCUT2D eigenvalue weighted by atomic mass is 10.0. The van der Waals surface area contributed by atoms with Crippen LogP contribution in [0.1, 0.15) is 37.3 Å². The van der Waals surface area contributed by atoms with E-state index < -0.39 is 12.0 Å². The van der Waals surface area contributed by atoms with E-state index in [1.54, 1.807) is 4.57 Å². The van der Waals surface area contributed by atoms with Gasteiger partial charge in [0.25, 0.3) is 5.56 Å². The van der Waals surface area contributed by atoms with Gasteiger partial charge in [0.15, 0.2) is 4.80 Å². The fourth-order valence-corrected chi connectivity index (χ4v) is 6.00. The number of fused-ring (bicyclic) bond motifs is 2. The van der Waals surface area contributed by atoms with Crippen LogP contribution in [0.15, 0.2) is 81.0 Å². The van der Waals surface area contributed by atoms with Crippen molar-refractivity contribution in [3.63, 3.8) is 0 Å². The molecule has 5 rings (SSSR count). The van der Waals surface area contributed by atoms with Gasteiger partial charge in [0, 0.05) is 4.88 Å². The Labute approximate surface area is 205 Å². The molecule has 34 heavy (non-hydrogen) atoms. The first-order valence-electron chi connectivity index (χ1n) is 11.1. The standard InChI is InChI=1S/C27H24N2O3S2/c1-16(2)15-32-26(31)23-17(3)28-27-29(24(23)21-12-7-13-33-21)25(30)22(34-27)14-19-10-6-9-18-8-4-5-11-20(18)19/h4-14,16,24H,15H2,1-3H3. The van der Waals surface area contributed by atoms with Gasteiger partial charge in [0.1, 0.15) is 6.04 Å². The molecule has 0 spiro atoms. The molecule has 2 aromatic carbocycles. The maximum absolute atomic E-state index is 13.7. The zero-order valence-electron chi connectivity index (χ0n) is 19.1. The van der Waals surface area contributed by atoms with E-state index in [2.05, 4.69) is 23.2 Å². The number of hydrogen-bond acceptors (Lipinski definition) is 6. The molecule has 2 aromatic heterocycles. The lowest BCUT2D eigenvalue weighted by Crippen LogP contribution is -2.39. The van der Waals surface area contributed by atoms with Crippen molar-refractivity contribution < 1.29 is 9.53 Å². The SMILES string of the molecule is CC1=C(C(=O)OCC(C)C)C(c2cccs2)n2c(sc(=Cc3cccc4ccccc34)c2=O)=N1. The molecule has 0 bridgehead atoms. The fraction of sp³-hybridized carbons (Fsp3) is 0.222. The summed E-state index contributed by atoms with van der Waals surface area (Å²) in [5.74, 6) is -0.205. The molecule has 0 fully saturated rings. The summed E-state index contributed by atoms with van der Waals surface area (Å²) in [5.41, 5.74) is 1.83. The monoisotopic (exact) mass is 488 g/mol. The van der Waals surface area contributed by atoms with E-state index in [0.717, 1.165) is 21.2 Å². The molecule has 4 aromatic rings. The van der Waals surface area contributed by atoms with Crippen LogP contribution >= 0.6 is 22.7 Å². The summed E-state index contributed by atoms with van der Waals surface area (Å²) >= 11 is 2.86. The maximum atomic E-state index is 13.7. The molecule has 172 valence electrons. The Morgan fingerprint density at radius 3 is 2.71 bits per heavy atom. The lowest BCUT2D eigenvalue weighted by molar-refractivity contribution is -0.140. The van der Waals surface area contributed by atoms with E-state index >= 15 is 0 Å². The molecule has 7 heteroatoms. The molecule has 0 saturated heterocycles.